The molecule has 462 valence electrons. The molecule has 0 radical (unpaired) electrons. The molecule has 3 amide bonds. The van der Waals surface area contributed by atoms with Gasteiger partial charge in [-0.2, -0.15) is 0 Å². The number of azide groups is 1. The number of nitrogens with zero attached hydrogens (tertiary/aromatic N) is 4. The van der Waals surface area contributed by atoms with Gasteiger partial charge in [-0.3, -0.25) is 29.3 Å². The molecule has 1 unspecified atom stereocenters. The number of nitro benzene ring substituents is 1. The summed E-state index contributed by atoms with van der Waals surface area (Å²) in [6.07, 6.45) is -0.943. The highest BCUT2D eigenvalue weighted by molar-refractivity contribution is 6.10. The zero-order valence-corrected chi connectivity index (χ0v) is 48.0. The van der Waals surface area contributed by atoms with Gasteiger partial charge in [-0.25, -0.2) is 4.79 Å². The van der Waals surface area contributed by atoms with Crippen molar-refractivity contribution in [1.82, 2.24) is 10.6 Å². The van der Waals surface area contributed by atoms with E-state index in [1.807, 2.05) is 0 Å². The number of Topliss-reactive ketones (excluding diaryl/α,β-unsaturated/α-hetero) is 1. The van der Waals surface area contributed by atoms with Gasteiger partial charge in [0.25, 0.3) is 5.69 Å². The molecule has 82 heavy (non-hydrogen) atoms. The average Bonchev–Trinajstić information content (AvgIpc) is 3.49. The predicted molar refractivity (Wildman–Crippen MR) is 295 cm³/mol. The van der Waals surface area contributed by atoms with Gasteiger partial charge < -0.3 is 82.3 Å². The first-order chi connectivity index (χ1) is 39.7. The van der Waals surface area contributed by atoms with Crippen molar-refractivity contribution in [2.24, 2.45) is 16.4 Å². The highest BCUT2D eigenvalue weighted by Gasteiger charge is 2.45. The molecule has 0 aliphatic carbocycles. The minimum Gasteiger partial charge on any atom is -0.429 e. The first-order valence-electron chi connectivity index (χ1n) is 27.3. The molecule has 0 fully saturated rings. The van der Waals surface area contributed by atoms with E-state index in [0.29, 0.717) is 157 Å². The number of anilines is 1. The first-order valence-corrected chi connectivity index (χ1v) is 27.3. The van der Waals surface area contributed by atoms with Crippen molar-refractivity contribution in [1.29, 1.82) is 0 Å². The molecule has 2 aromatic carbocycles. The second kappa shape index (κ2) is 46.5. The van der Waals surface area contributed by atoms with Crippen molar-refractivity contribution < 1.29 is 95.2 Å². The normalized spacial score (nSPS) is 12.7. The van der Waals surface area contributed by atoms with Crippen molar-refractivity contribution >= 4 is 41.0 Å². The second-order valence-electron chi connectivity index (χ2n) is 18.2. The lowest BCUT2D eigenvalue weighted by Crippen LogP contribution is -2.57. The molecular formula is C54H85N7O21. The number of rotatable bonds is 52. The number of carbonyl (C=O) groups is 5. The van der Waals surface area contributed by atoms with Crippen molar-refractivity contribution in [3.05, 3.63) is 74.7 Å². The van der Waals surface area contributed by atoms with Gasteiger partial charge in [0, 0.05) is 35.7 Å². The Morgan fingerprint density at radius 2 is 1.00 bits per heavy atom. The van der Waals surface area contributed by atoms with Crippen LogP contribution in [0.2, 0.25) is 0 Å². The highest BCUT2D eigenvalue weighted by atomic mass is 16.7. The number of carbonyl (C=O) groups excluding carboxylic acids is 5. The molecule has 28 nitrogen and oxygen atoms in total. The van der Waals surface area contributed by atoms with Crippen LogP contribution in [0.4, 0.5) is 16.2 Å². The first kappa shape index (κ1) is 72.1. The van der Waals surface area contributed by atoms with Crippen molar-refractivity contribution in [2.45, 2.75) is 66.2 Å². The molecule has 0 aromatic heterocycles. The Balaban J connectivity index is 1.42. The van der Waals surface area contributed by atoms with E-state index in [2.05, 4.69) is 26.0 Å². The van der Waals surface area contributed by atoms with Gasteiger partial charge in [0.05, 0.1) is 170 Å². The number of nitro groups is 1. The van der Waals surface area contributed by atoms with Gasteiger partial charge in [0.2, 0.25) is 17.7 Å². The number of hydrogen-bond acceptors (Lipinski definition) is 22. The van der Waals surface area contributed by atoms with E-state index in [1.54, 1.807) is 45.0 Å². The van der Waals surface area contributed by atoms with E-state index >= 15 is 0 Å². The van der Waals surface area contributed by atoms with Crippen LogP contribution in [-0.4, -0.2) is 212 Å². The number of ether oxygens (including phenoxy) is 14. The summed E-state index contributed by atoms with van der Waals surface area (Å²) in [5.74, 6) is -2.43. The molecule has 0 saturated carbocycles. The summed E-state index contributed by atoms with van der Waals surface area (Å²) >= 11 is 0. The quantitative estimate of drug-likeness (QED) is 0.00923. The molecule has 0 aliphatic heterocycles. The highest BCUT2D eigenvalue weighted by Crippen LogP contribution is 2.27. The maximum absolute atomic E-state index is 13.9. The molecule has 28 heteroatoms. The Bertz CT molecular complexity index is 2120. The van der Waals surface area contributed by atoms with E-state index in [0.717, 1.165) is 0 Å². The number of nitrogens with one attached hydrogen (secondary N) is 3. The lowest BCUT2D eigenvalue weighted by atomic mass is 9.76. The summed E-state index contributed by atoms with van der Waals surface area (Å²) in [6.45, 7) is 18.0. The van der Waals surface area contributed by atoms with E-state index in [9.17, 15) is 34.1 Å². The zero-order chi connectivity index (χ0) is 59.9. The summed E-state index contributed by atoms with van der Waals surface area (Å²) in [6, 6.07) is 9.23. The fourth-order valence-corrected chi connectivity index (χ4v) is 6.67. The largest absolute Gasteiger partial charge is 0.514 e. The number of amides is 3. The van der Waals surface area contributed by atoms with Crippen LogP contribution in [0.15, 0.2) is 53.6 Å². The Hall–Kier alpha value is -5.98. The summed E-state index contributed by atoms with van der Waals surface area (Å²) in [7, 11) is 0. The monoisotopic (exact) mass is 1170 g/mol. The third-order valence-electron chi connectivity index (χ3n) is 11.5. The molecule has 0 saturated heterocycles. The van der Waals surface area contributed by atoms with Gasteiger partial charge in [-0.1, -0.05) is 38.0 Å². The van der Waals surface area contributed by atoms with Gasteiger partial charge in [-0.05, 0) is 61.5 Å². The summed E-state index contributed by atoms with van der Waals surface area (Å²) in [4.78, 5) is 78.5. The molecule has 0 bridgehead atoms. The van der Waals surface area contributed by atoms with Crippen LogP contribution in [0.25, 0.3) is 10.4 Å². The molecule has 2 rings (SSSR count). The van der Waals surface area contributed by atoms with Crippen molar-refractivity contribution in [3.63, 3.8) is 0 Å². The summed E-state index contributed by atoms with van der Waals surface area (Å²) in [5, 5.41) is 22.3. The Morgan fingerprint density at radius 1 is 0.598 bits per heavy atom. The molecule has 0 spiro atoms. The number of hydrogen-bond donors (Lipinski definition) is 3. The van der Waals surface area contributed by atoms with Crippen LogP contribution in [0.3, 0.4) is 0 Å². The molecule has 3 atom stereocenters. The second-order valence-corrected chi connectivity index (χ2v) is 18.2. The third kappa shape index (κ3) is 34.5. The van der Waals surface area contributed by atoms with E-state index in [-0.39, 0.29) is 56.6 Å². The molecular weight excluding hydrogens is 1080 g/mol. The van der Waals surface area contributed by atoms with E-state index in [1.165, 1.54) is 38.1 Å². The van der Waals surface area contributed by atoms with Gasteiger partial charge in [0.1, 0.15) is 23.8 Å². The Kier molecular flexibility index (Phi) is 40.9. The average molecular weight is 1170 g/mol. The molecule has 3 N–H and O–H groups in total. The van der Waals surface area contributed by atoms with Gasteiger partial charge >= 0.3 is 6.16 Å². The van der Waals surface area contributed by atoms with Crippen LogP contribution < -0.4 is 20.7 Å². The van der Waals surface area contributed by atoms with Gasteiger partial charge in [-0.15, -0.1) is 0 Å². The SMILES string of the molecule is CC[C@](C)(C(=O)N[C@@H](C)C(=O)Nc1ccc(COC(=O)Oc2ccc([N+](=O)[O-])cc2)cc1)C(=O)C(NC(=O)CCOCCOCCOCCOCCOCCOCCOCCOCCOCCOCCOCCOCCN=[N+]=[N-])C(C)C. The smallest absolute Gasteiger partial charge is 0.429 e. The van der Waals surface area contributed by atoms with Crippen molar-refractivity contribution in [3.8, 4) is 5.75 Å². The lowest BCUT2D eigenvalue weighted by molar-refractivity contribution is -0.384. The Labute approximate surface area is 479 Å². The molecule has 0 heterocycles. The third-order valence-corrected chi connectivity index (χ3v) is 11.5. The van der Waals surface area contributed by atoms with Gasteiger partial charge in [0.15, 0.2) is 5.78 Å². The van der Waals surface area contributed by atoms with Crippen molar-refractivity contribution in [2.75, 3.05) is 170 Å². The minimum absolute atomic E-state index is 0.0254. The molecule has 2 aromatic rings. The standard InChI is InChI=1S/C54H85N7O21/c1-6-54(5,52(65)57-43(4)51(64)58-45-9-7-44(8-10-45)41-81-53(66)82-47-13-11-46(12-14-47)61(67)68)50(63)49(42(2)3)59-48(62)15-17-69-19-21-71-23-25-73-27-29-75-31-33-77-35-37-79-39-40-80-38-36-78-34-32-76-30-28-74-26-24-72-22-20-70-18-16-56-60-55/h7-14,42-43,49H,6,15-41H2,1-5H3,(H,57,65)(H,58,64)(H,59,62)/t43-,49?,54-/m0/s1. The van der Waals surface area contributed by atoms with Crippen LogP contribution in [-0.2, 0) is 87.4 Å². The maximum Gasteiger partial charge on any atom is 0.514 e. The Morgan fingerprint density at radius 3 is 1.38 bits per heavy atom. The fraction of sp³-hybridized carbons (Fsp3) is 0.685. The maximum atomic E-state index is 13.9. The van der Waals surface area contributed by atoms with E-state index < -0.39 is 52.1 Å². The van der Waals surface area contributed by atoms with Crippen LogP contribution in [0.1, 0.15) is 53.0 Å². The van der Waals surface area contributed by atoms with Crippen LogP contribution in [0.5, 0.6) is 5.75 Å². The number of non-ortho nitro benzene ring substituents is 1. The summed E-state index contributed by atoms with van der Waals surface area (Å²) < 4.78 is 75.7. The predicted octanol–water partition coefficient (Wildman–Crippen LogP) is 4.78. The summed E-state index contributed by atoms with van der Waals surface area (Å²) in [5.41, 5.74) is 7.40. The molecule has 0 aliphatic rings. The zero-order valence-electron chi connectivity index (χ0n) is 48.0. The minimum atomic E-state index is -1.57. The van der Waals surface area contributed by atoms with E-state index in [4.69, 9.17) is 71.8 Å². The lowest BCUT2D eigenvalue weighted by Gasteiger charge is -2.33. The fourth-order valence-electron chi connectivity index (χ4n) is 6.67. The topological polar surface area (TPSA) is 343 Å². The number of ketones is 1. The van der Waals surface area contributed by atoms with Crippen LogP contribution >= 0.6 is 0 Å². The number of benzene rings is 2. The van der Waals surface area contributed by atoms with Crippen LogP contribution in [0, 0.1) is 21.4 Å².